The van der Waals surface area contributed by atoms with Gasteiger partial charge in [0.05, 0.1) is 22.7 Å². The van der Waals surface area contributed by atoms with E-state index in [0.717, 1.165) is 62.5 Å². The Labute approximate surface area is 198 Å². The quantitative estimate of drug-likeness (QED) is 0.317. The van der Waals surface area contributed by atoms with Crippen molar-refractivity contribution in [2.75, 3.05) is 26.0 Å². The maximum absolute atomic E-state index is 12.6. The lowest BCUT2D eigenvalue weighted by atomic mass is 10.0. The summed E-state index contributed by atoms with van der Waals surface area (Å²) in [5, 5.41) is 7.69. The van der Waals surface area contributed by atoms with Gasteiger partial charge in [-0.1, -0.05) is 73.1 Å². The van der Waals surface area contributed by atoms with Crippen molar-refractivity contribution in [1.82, 2.24) is 10.6 Å². The van der Waals surface area contributed by atoms with Gasteiger partial charge in [0.25, 0.3) is 5.91 Å². The molecule has 0 saturated heterocycles. The summed E-state index contributed by atoms with van der Waals surface area (Å²) in [5.41, 5.74) is 0.172. The third-order valence-electron chi connectivity index (χ3n) is 4.97. The summed E-state index contributed by atoms with van der Waals surface area (Å²) in [4.78, 5) is 29.1. The van der Waals surface area contributed by atoms with Gasteiger partial charge in [-0.15, -0.1) is 0 Å². The Morgan fingerprint density at radius 2 is 1.81 bits per heavy atom. The van der Waals surface area contributed by atoms with Crippen LogP contribution in [0.1, 0.15) is 61.7 Å². The largest absolute Gasteiger partial charge is 0.467 e. The predicted molar refractivity (Wildman–Crippen MR) is 129 cm³/mol. The van der Waals surface area contributed by atoms with E-state index >= 15 is 0 Å². The summed E-state index contributed by atoms with van der Waals surface area (Å²) >= 11 is 14.0. The molecule has 31 heavy (non-hydrogen) atoms. The monoisotopic (exact) mass is 487 g/mol. The molecule has 2 rings (SSSR count). The average molecular weight is 488 g/mol. The van der Waals surface area contributed by atoms with Gasteiger partial charge in [-0.25, -0.2) is 4.79 Å². The number of hydrogen-bond acceptors (Lipinski definition) is 6. The second kappa shape index (κ2) is 14.6. The van der Waals surface area contributed by atoms with Gasteiger partial charge < -0.3 is 15.4 Å². The summed E-state index contributed by atoms with van der Waals surface area (Å²) in [6, 6.07) is 4.12. The zero-order valence-corrected chi connectivity index (χ0v) is 20.3. The highest BCUT2D eigenvalue weighted by atomic mass is 35.5. The van der Waals surface area contributed by atoms with E-state index in [0.29, 0.717) is 6.42 Å². The Hall–Kier alpha value is -1.44. The lowest BCUT2D eigenvalue weighted by Gasteiger charge is -2.17. The Morgan fingerprint density at radius 3 is 2.45 bits per heavy atom. The fourth-order valence-corrected chi connectivity index (χ4v) is 4.70. The third kappa shape index (κ3) is 9.29. The molecule has 6 nitrogen and oxygen atoms in total. The van der Waals surface area contributed by atoms with Crippen molar-refractivity contribution >= 4 is 52.0 Å². The zero-order chi connectivity index (χ0) is 22.5. The van der Waals surface area contributed by atoms with Crippen molar-refractivity contribution in [2.24, 2.45) is 4.99 Å². The van der Waals surface area contributed by atoms with E-state index in [2.05, 4.69) is 15.6 Å². The molecular formula is C22H31Cl2N3O3S. The molecule has 0 aliphatic carbocycles. The number of methoxy groups -OCH3 is 1. The Kier molecular flexibility index (Phi) is 12.2. The van der Waals surface area contributed by atoms with Crippen LogP contribution < -0.4 is 10.6 Å². The first kappa shape index (κ1) is 25.8. The maximum atomic E-state index is 12.6. The molecule has 0 spiro atoms. The van der Waals surface area contributed by atoms with Crippen LogP contribution in [0.5, 0.6) is 0 Å². The van der Waals surface area contributed by atoms with Crippen LogP contribution >= 0.6 is 35.0 Å². The lowest BCUT2D eigenvalue weighted by Crippen LogP contribution is -2.41. The van der Waals surface area contributed by atoms with E-state index < -0.39 is 17.9 Å². The Balaban J connectivity index is 1.64. The number of rotatable bonds is 12. The number of carbonyl (C=O) groups excluding carboxylic acids is 2. The van der Waals surface area contributed by atoms with Crippen LogP contribution in [0.15, 0.2) is 23.2 Å². The number of hydrogen-bond donors (Lipinski definition) is 2. The number of esters is 1. The van der Waals surface area contributed by atoms with E-state index in [1.807, 2.05) is 0 Å². The highest BCUT2D eigenvalue weighted by Gasteiger charge is 2.24. The van der Waals surface area contributed by atoms with Crippen molar-refractivity contribution in [2.45, 2.75) is 57.4 Å². The van der Waals surface area contributed by atoms with Gasteiger partial charge in [-0.3, -0.25) is 9.79 Å². The number of aliphatic imine (C=N–C) groups is 1. The second-order valence-corrected chi connectivity index (χ2v) is 9.27. The van der Waals surface area contributed by atoms with E-state index in [9.17, 15) is 9.59 Å². The maximum Gasteiger partial charge on any atom is 0.328 e. The molecule has 0 fully saturated rings. The summed E-state index contributed by atoms with van der Waals surface area (Å²) < 4.78 is 4.84. The van der Waals surface area contributed by atoms with Gasteiger partial charge in [0, 0.05) is 18.8 Å². The van der Waals surface area contributed by atoms with Crippen LogP contribution in [0.3, 0.4) is 0 Å². The fourth-order valence-electron chi connectivity index (χ4n) is 3.28. The predicted octanol–water partition coefficient (Wildman–Crippen LogP) is 5.08. The summed E-state index contributed by atoms with van der Waals surface area (Å²) in [6.45, 7) is 1.90. The number of carbonyl (C=O) groups is 2. The minimum Gasteiger partial charge on any atom is -0.467 e. The van der Waals surface area contributed by atoms with Crippen LogP contribution in [0, 0.1) is 0 Å². The highest BCUT2D eigenvalue weighted by Crippen LogP contribution is 2.24. The normalized spacial score (nSPS) is 14.5. The minimum absolute atomic E-state index is 0.172. The molecule has 1 heterocycles. The van der Waals surface area contributed by atoms with Crippen molar-refractivity contribution in [1.29, 1.82) is 0 Å². The topological polar surface area (TPSA) is 79.8 Å². The van der Waals surface area contributed by atoms with Gasteiger partial charge in [-0.05, 0) is 31.4 Å². The SMILES string of the molecule is COC(=O)[C@H](CCCCCCCCNC1=NCCCS1)NC(=O)c1c(Cl)cccc1Cl. The van der Waals surface area contributed by atoms with E-state index in [1.165, 1.54) is 13.5 Å². The molecule has 172 valence electrons. The first-order chi connectivity index (χ1) is 15.0. The van der Waals surface area contributed by atoms with Crippen LogP contribution in [-0.2, 0) is 9.53 Å². The van der Waals surface area contributed by atoms with Gasteiger partial charge in [0.2, 0.25) is 0 Å². The molecule has 1 aliphatic rings. The summed E-state index contributed by atoms with van der Waals surface area (Å²) in [7, 11) is 1.31. The average Bonchev–Trinajstić information content (AvgIpc) is 2.77. The fraction of sp³-hybridized carbons (Fsp3) is 0.591. The van der Waals surface area contributed by atoms with Gasteiger partial charge in [0.15, 0.2) is 5.17 Å². The molecular weight excluding hydrogens is 457 g/mol. The van der Waals surface area contributed by atoms with Crippen LogP contribution in [-0.4, -0.2) is 49.0 Å². The third-order valence-corrected chi connectivity index (χ3v) is 6.64. The number of amides is 1. The number of unbranched alkanes of at least 4 members (excludes halogenated alkanes) is 5. The highest BCUT2D eigenvalue weighted by molar-refractivity contribution is 8.13. The smallest absolute Gasteiger partial charge is 0.328 e. The number of nitrogens with one attached hydrogen (secondary N) is 2. The molecule has 0 unspecified atom stereocenters. The van der Waals surface area contributed by atoms with Gasteiger partial charge in [-0.2, -0.15) is 0 Å². The van der Waals surface area contributed by atoms with Crippen molar-refractivity contribution in [3.63, 3.8) is 0 Å². The molecule has 1 aliphatic heterocycles. The number of thioether (sulfide) groups is 1. The molecule has 0 saturated carbocycles. The second-order valence-electron chi connectivity index (χ2n) is 7.37. The van der Waals surface area contributed by atoms with Crippen molar-refractivity contribution in [3.05, 3.63) is 33.8 Å². The Morgan fingerprint density at radius 1 is 1.13 bits per heavy atom. The van der Waals surface area contributed by atoms with E-state index in [4.69, 9.17) is 27.9 Å². The molecule has 2 N–H and O–H groups in total. The molecule has 0 bridgehead atoms. The molecule has 0 aromatic heterocycles. The number of nitrogens with zero attached hydrogens (tertiary/aromatic N) is 1. The van der Waals surface area contributed by atoms with Crippen LogP contribution in [0.25, 0.3) is 0 Å². The standard InChI is InChI=1S/C22H31Cl2N3O3S/c1-30-21(29)18(27-20(28)19-16(23)10-8-11-17(19)24)12-6-4-2-3-5-7-13-25-22-26-14-9-15-31-22/h8,10-11,18H,2-7,9,12-15H2,1H3,(H,25,26)(H,27,28)/t18-/m0/s1. The van der Waals surface area contributed by atoms with Crippen LogP contribution in [0.2, 0.25) is 10.0 Å². The van der Waals surface area contributed by atoms with Crippen molar-refractivity contribution < 1.29 is 14.3 Å². The Bertz CT molecular complexity index is 741. The van der Waals surface area contributed by atoms with Gasteiger partial charge >= 0.3 is 5.97 Å². The number of ether oxygens (including phenoxy) is 1. The molecule has 9 heteroatoms. The minimum atomic E-state index is -0.720. The zero-order valence-electron chi connectivity index (χ0n) is 17.9. The molecule has 1 atom stereocenters. The first-order valence-corrected chi connectivity index (χ1v) is 12.5. The lowest BCUT2D eigenvalue weighted by molar-refractivity contribution is -0.143. The van der Waals surface area contributed by atoms with Gasteiger partial charge in [0.1, 0.15) is 6.04 Å². The molecule has 1 aromatic carbocycles. The van der Waals surface area contributed by atoms with Crippen molar-refractivity contribution in [3.8, 4) is 0 Å². The van der Waals surface area contributed by atoms with E-state index in [1.54, 1.807) is 30.0 Å². The number of benzene rings is 1. The molecule has 0 radical (unpaired) electrons. The molecule has 1 amide bonds. The van der Waals surface area contributed by atoms with E-state index in [-0.39, 0.29) is 15.6 Å². The van der Waals surface area contributed by atoms with Crippen LogP contribution in [0.4, 0.5) is 0 Å². The summed E-state index contributed by atoms with van der Waals surface area (Å²) in [6.07, 6.45) is 8.02. The first-order valence-electron chi connectivity index (χ1n) is 10.8. The molecule has 1 aromatic rings. The number of amidine groups is 1. The number of halogens is 2. The summed E-state index contributed by atoms with van der Waals surface area (Å²) in [5.74, 6) is 0.218.